The molecule has 2 aliphatic carbocycles. The third-order valence-corrected chi connectivity index (χ3v) is 13.5. The van der Waals surface area contributed by atoms with Crippen molar-refractivity contribution in [3.63, 3.8) is 0 Å². The van der Waals surface area contributed by atoms with Crippen molar-refractivity contribution in [1.29, 1.82) is 0 Å². The van der Waals surface area contributed by atoms with Crippen molar-refractivity contribution in [3.05, 3.63) is 41.6 Å². The normalized spacial score (nSPS) is 29.4. The van der Waals surface area contributed by atoms with Gasteiger partial charge in [0.25, 0.3) is 15.9 Å². The number of carbonyl (C=O) groups is 4. The quantitative estimate of drug-likeness (QED) is 0.227. The third kappa shape index (κ3) is 8.51. The van der Waals surface area contributed by atoms with Crippen LogP contribution in [0.4, 0.5) is 22.4 Å². The Hall–Kier alpha value is -4.39. The molecule has 1 aromatic carbocycles. The van der Waals surface area contributed by atoms with Crippen molar-refractivity contribution in [3.8, 4) is 11.6 Å². The molecule has 7 atom stereocenters. The zero-order valence-electron chi connectivity index (χ0n) is 32.5. The van der Waals surface area contributed by atoms with Crippen LogP contribution in [0, 0.1) is 17.8 Å². The zero-order chi connectivity index (χ0) is 42.6. The Morgan fingerprint density at radius 2 is 1.83 bits per heavy atom. The standard InChI is InChI=1S/C38H46ClF4N5O9S/c1-20-9-6-7-10-22-17-37(22,33(51)47-58(53,54)36(40)13-14-36)46-30(49)26-16-23(56-31-24-11-8-12-25(39)28(24)27(55-5)18-44-31)19-48(26)32(50)29(21(2)15-20)45-34(52)57-35(3,4)38(41,42)43/h7-8,10-12,18,20-23,26,29H,6,9,13-17,19H2,1-5H3,(H,45,52)(H,46,49)(H,47,51)/b10-7-/t20-,21-,22-,23-,26+,29+,37-/m1/s1. The number of carbonyl (C=O) groups excluding carboxylic acids is 4. The molecule has 4 aliphatic rings. The Bertz CT molecular complexity index is 2120. The fourth-order valence-corrected chi connectivity index (χ4v) is 9.06. The lowest BCUT2D eigenvalue weighted by atomic mass is 9.88. The van der Waals surface area contributed by atoms with Crippen LogP contribution in [0.1, 0.15) is 72.6 Å². The predicted molar refractivity (Wildman–Crippen MR) is 202 cm³/mol. The molecule has 0 spiro atoms. The number of pyridine rings is 1. The molecule has 3 fully saturated rings. The molecule has 3 heterocycles. The molecule has 0 radical (unpaired) electrons. The van der Waals surface area contributed by atoms with Gasteiger partial charge in [-0.15, -0.1) is 0 Å². The molecule has 2 aromatic rings. The van der Waals surface area contributed by atoms with Gasteiger partial charge in [0.2, 0.25) is 28.3 Å². The number of hydrogen-bond donors (Lipinski definition) is 3. The van der Waals surface area contributed by atoms with Gasteiger partial charge >= 0.3 is 12.3 Å². The monoisotopic (exact) mass is 859 g/mol. The number of sulfonamides is 1. The highest BCUT2D eigenvalue weighted by molar-refractivity contribution is 7.91. The number of methoxy groups -OCH3 is 1. The molecule has 3 N–H and O–H groups in total. The zero-order valence-corrected chi connectivity index (χ0v) is 34.0. The minimum absolute atomic E-state index is 0.0312. The summed E-state index contributed by atoms with van der Waals surface area (Å²) in [4.78, 5) is 61.5. The summed E-state index contributed by atoms with van der Waals surface area (Å²) in [5.41, 5.74) is -4.74. The molecule has 58 heavy (non-hydrogen) atoms. The number of nitrogens with zero attached hydrogens (tertiary/aromatic N) is 2. The summed E-state index contributed by atoms with van der Waals surface area (Å²) in [7, 11) is -3.32. The number of halogens is 5. The second kappa shape index (κ2) is 15.7. The summed E-state index contributed by atoms with van der Waals surface area (Å²) in [6.07, 6.45) is -2.06. The Morgan fingerprint density at radius 3 is 2.48 bits per heavy atom. The van der Waals surface area contributed by atoms with Crippen LogP contribution in [0.25, 0.3) is 10.8 Å². The van der Waals surface area contributed by atoms with Gasteiger partial charge in [-0.3, -0.25) is 14.4 Å². The van der Waals surface area contributed by atoms with Crippen molar-refractivity contribution in [2.75, 3.05) is 13.7 Å². The van der Waals surface area contributed by atoms with Crippen molar-refractivity contribution in [1.82, 2.24) is 25.2 Å². The van der Waals surface area contributed by atoms with E-state index in [-0.39, 0.29) is 44.0 Å². The maximum absolute atomic E-state index is 14.8. The Balaban J connectivity index is 1.36. The molecule has 6 rings (SSSR count). The summed E-state index contributed by atoms with van der Waals surface area (Å²) in [6.45, 7) is 4.57. The van der Waals surface area contributed by atoms with Crippen LogP contribution in [0.5, 0.6) is 11.6 Å². The molecule has 2 saturated carbocycles. The van der Waals surface area contributed by atoms with Gasteiger partial charge in [0.1, 0.15) is 29.5 Å². The van der Waals surface area contributed by atoms with Gasteiger partial charge in [-0.25, -0.2) is 27.3 Å². The summed E-state index contributed by atoms with van der Waals surface area (Å²) in [5.74, 6) is -3.93. The molecule has 1 aromatic heterocycles. The molecule has 1 saturated heterocycles. The number of nitrogens with one attached hydrogen (secondary N) is 3. The number of allylic oxidation sites excluding steroid dienone is 1. The van der Waals surface area contributed by atoms with Gasteiger partial charge in [-0.1, -0.05) is 43.7 Å². The summed E-state index contributed by atoms with van der Waals surface area (Å²) in [5, 5.41) is 3.62. The Kier molecular flexibility index (Phi) is 11.7. The number of rotatable bonds is 8. The maximum Gasteiger partial charge on any atom is 0.427 e. The highest BCUT2D eigenvalue weighted by Crippen LogP contribution is 2.48. The minimum Gasteiger partial charge on any atom is -0.494 e. The first-order valence-electron chi connectivity index (χ1n) is 18.9. The lowest BCUT2D eigenvalue weighted by Gasteiger charge is -2.34. The molecular formula is C38H46ClF4N5O9S. The number of ether oxygens (including phenoxy) is 3. The summed E-state index contributed by atoms with van der Waals surface area (Å²) >= 11 is 6.49. The number of benzene rings is 1. The number of alkyl halides is 4. The van der Waals surface area contributed by atoms with Gasteiger partial charge in [-0.05, 0) is 63.5 Å². The Labute approximate surface area is 337 Å². The smallest absolute Gasteiger partial charge is 0.427 e. The van der Waals surface area contributed by atoms with E-state index in [1.165, 1.54) is 13.3 Å². The molecule has 318 valence electrons. The number of amides is 4. The van der Waals surface area contributed by atoms with Gasteiger partial charge in [0, 0.05) is 36.0 Å². The van der Waals surface area contributed by atoms with Gasteiger partial charge in [0.15, 0.2) is 0 Å². The number of hydrogen-bond acceptors (Lipinski definition) is 10. The average molecular weight is 860 g/mol. The van der Waals surface area contributed by atoms with Crippen LogP contribution in [0.2, 0.25) is 5.02 Å². The molecule has 0 unspecified atom stereocenters. The highest BCUT2D eigenvalue weighted by Gasteiger charge is 2.64. The van der Waals surface area contributed by atoms with Crippen molar-refractivity contribution >= 4 is 56.2 Å². The predicted octanol–water partition coefficient (Wildman–Crippen LogP) is 5.47. The van der Waals surface area contributed by atoms with Crippen LogP contribution in [-0.2, 0) is 29.1 Å². The van der Waals surface area contributed by atoms with Gasteiger partial charge in [-0.2, -0.15) is 13.2 Å². The first kappa shape index (κ1) is 43.2. The van der Waals surface area contributed by atoms with E-state index in [0.717, 1.165) is 4.90 Å². The third-order valence-electron chi connectivity index (χ3n) is 11.4. The van der Waals surface area contributed by atoms with Crippen LogP contribution < -0.4 is 24.8 Å². The maximum atomic E-state index is 14.8. The highest BCUT2D eigenvalue weighted by atomic mass is 35.5. The lowest BCUT2D eigenvalue weighted by molar-refractivity contribution is -0.244. The van der Waals surface area contributed by atoms with E-state index >= 15 is 0 Å². The lowest BCUT2D eigenvalue weighted by Crippen LogP contribution is -2.59. The summed E-state index contributed by atoms with van der Waals surface area (Å²) in [6, 6.07) is 2.05. The van der Waals surface area contributed by atoms with Gasteiger partial charge in [0.05, 0.1) is 24.9 Å². The van der Waals surface area contributed by atoms with Gasteiger partial charge < -0.3 is 29.7 Å². The number of alkyl carbamates (subject to hydrolysis) is 1. The average Bonchev–Trinajstić information content (AvgIpc) is 4.01. The number of fused-ring (bicyclic) bond motifs is 3. The first-order chi connectivity index (χ1) is 27.0. The largest absolute Gasteiger partial charge is 0.494 e. The molecule has 14 nitrogen and oxygen atoms in total. The van der Waals surface area contributed by atoms with Crippen molar-refractivity contribution in [2.45, 2.75) is 113 Å². The van der Waals surface area contributed by atoms with E-state index in [1.54, 1.807) is 37.3 Å². The summed E-state index contributed by atoms with van der Waals surface area (Å²) < 4.78 is 99.9. The molecular weight excluding hydrogens is 814 g/mol. The first-order valence-corrected chi connectivity index (χ1v) is 20.8. The molecule has 4 amide bonds. The molecule has 20 heteroatoms. The van der Waals surface area contributed by atoms with E-state index in [4.69, 9.17) is 25.8 Å². The van der Waals surface area contributed by atoms with Crippen LogP contribution >= 0.6 is 11.6 Å². The number of aromatic nitrogens is 1. The van der Waals surface area contributed by atoms with E-state index in [1.807, 2.05) is 11.6 Å². The van der Waals surface area contributed by atoms with Crippen LogP contribution in [0.15, 0.2) is 36.5 Å². The molecule has 2 aliphatic heterocycles. The van der Waals surface area contributed by atoms with Crippen LogP contribution in [-0.4, -0.2) is 96.3 Å². The Morgan fingerprint density at radius 1 is 1.12 bits per heavy atom. The van der Waals surface area contributed by atoms with E-state index in [9.17, 15) is 45.2 Å². The van der Waals surface area contributed by atoms with Crippen LogP contribution in [0.3, 0.4) is 0 Å². The van der Waals surface area contributed by atoms with E-state index in [0.29, 0.717) is 54.7 Å². The SMILES string of the molecule is COc1cnc(O[C@@H]2C[C@H]3C(=O)N[C@]4(C(=O)NS(=O)(=O)C5(F)CC5)C[C@H]4/C=C\CC[C@@H](C)C[C@@H](C)[C@H](NC(=O)OC(C)(C)C(F)(F)F)C(=O)N3C2)c2cccc(Cl)c12. The molecule has 0 bridgehead atoms. The van der Waals surface area contributed by atoms with E-state index < -0.39 is 86.2 Å². The fourth-order valence-electron chi connectivity index (χ4n) is 7.54. The van der Waals surface area contributed by atoms with Crippen molar-refractivity contribution in [2.24, 2.45) is 17.8 Å². The second-order valence-corrected chi connectivity index (χ2v) is 18.6. The minimum atomic E-state index is -4.94. The van der Waals surface area contributed by atoms with E-state index in [2.05, 4.69) is 15.6 Å². The second-order valence-electron chi connectivity index (χ2n) is 16.2. The fraction of sp³-hybridized carbons (Fsp3) is 0.605. The van der Waals surface area contributed by atoms with Crippen molar-refractivity contribution < 1.29 is 59.4 Å². The topological polar surface area (TPSA) is 182 Å².